The van der Waals surface area contributed by atoms with Gasteiger partial charge in [-0.05, 0) is 36.8 Å². The maximum absolute atomic E-state index is 13.8. The molecule has 0 amide bonds. The van der Waals surface area contributed by atoms with Crippen LogP contribution in [0.15, 0.2) is 47.0 Å². The summed E-state index contributed by atoms with van der Waals surface area (Å²) in [6.07, 6.45) is -1.25. The summed E-state index contributed by atoms with van der Waals surface area (Å²) in [5.41, 5.74) is 1.86. The molecule has 0 bridgehead atoms. The molecule has 0 aliphatic rings. The summed E-state index contributed by atoms with van der Waals surface area (Å²) in [5.74, 6) is -13.9. The van der Waals surface area contributed by atoms with Crippen molar-refractivity contribution >= 4 is 28.5 Å². The third kappa shape index (κ3) is 4.54. The number of carbonyl (C=O) groups excluding carboxylic acids is 1. The average molecular weight is 498 g/mol. The summed E-state index contributed by atoms with van der Waals surface area (Å²) in [6.45, 7) is 1.03. The Morgan fingerprint density at radius 2 is 1.59 bits per heavy atom. The lowest BCUT2D eigenvalue weighted by Gasteiger charge is -2.15. The Morgan fingerprint density at radius 1 is 0.971 bits per heavy atom. The van der Waals surface area contributed by atoms with E-state index in [-0.39, 0.29) is 5.75 Å². The van der Waals surface area contributed by atoms with Crippen LogP contribution in [0.1, 0.15) is 18.2 Å². The Kier molecular flexibility index (Phi) is 6.43. The number of rotatable bonds is 6. The molecule has 0 saturated carbocycles. The topological polar surface area (TPSA) is 61.6 Å². The van der Waals surface area contributed by atoms with Gasteiger partial charge in [-0.1, -0.05) is 28.9 Å². The molecule has 1 atom stereocenters. The van der Waals surface area contributed by atoms with E-state index in [0.717, 1.165) is 12.5 Å². The lowest BCUT2D eigenvalue weighted by molar-refractivity contribution is -0.141. The van der Waals surface area contributed by atoms with Crippen molar-refractivity contribution < 1.29 is 40.7 Å². The molecule has 1 aromatic heterocycles. The van der Waals surface area contributed by atoms with Crippen molar-refractivity contribution in [1.82, 2.24) is 5.16 Å². The summed E-state index contributed by atoms with van der Waals surface area (Å²) >= 11 is 5.88. The van der Waals surface area contributed by atoms with Crippen LogP contribution in [-0.2, 0) is 11.2 Å². The van der Waals surface area contributed by atoms with Gasteiger partial charge in [0, 0.05) is 22.9 Å². The molecule has 0 aliphatic carbocycles. The van der Waals surface area contributed by atoms with Crippen molar-refractivity contribution in [2.24, 2.45) is 0 Å². The first-order chi connectivity index (χ1) is 16.2. The highest BCUT2D eigenvalue weighted by atomic mass is 35.5. The van der Waals surface area contributed by atoms with Crippen LogP contribution in [0.2, 0.25) is 5.02 Å². The minimum absolute atomic E-state index is 0.0143. The second kappa shape index (κ2) is 9.30. The highest BCUT2D eigenvalue weighted by Crippen LogP contribution is 2.30. The largest absolute Gasteiger partial charge is 0.473 e. The number of aromatic nitrogens is 1. The predicted octanol–water partition coefficient (Wildman–Crippen LogP) is 6.14. The van der Waals surface area contributed by atoms with Crippen LogP contribution in [0.5, 0.6) is 11.5 Å². The van der Waals surface area contributed by atoms with Crippen LogP contribution in [-0.4, -0.2) is 17.2 Å². The Bertz CT molecular complexity index is 1360. The van der Waals surface area contributed by atoms with Crippen molar-refractivity contribution in [3.05, 3.63) is 87.8 Å². The normalized spacial score (nSPS) is 12.1. The minimum Gasteiger partial charge on any atom is -0.473 e. The molecule has 1 heterocycles. The molecule has 0 radical (unpaired) electrons. The van der Waals surface area contributed by atoms with E-state index >= 15 is 0 Å². The SMILES string of the molecule is CC(Oc1c(F)c(F)c(F)c(F)c1F)C(=O)Oc1ccc2c(Cc3ccc(Cl)cc3)noc2c1. The molecule has 11 heteroatoms. The molecule has 0 spiro atoms. The molecule has 0 N–H and O–H groups in total. The van der Waals surface area contributed by atoms with E-state index in [9.17, 15) is 26.7 Å². The number of esters is 1. The number of hydrogen-bond donors (Lipinski definition) is 0. The van der Waals surface area contributed by atoms with Gasteiger partial charge in [0.1, 0.15) is 5.75 Å². The lowest BCUT2D eigenvalue weighted by Crippen LogP contribution is -2.29. The molecule has 4 aromatic rings. The summed E-state index contributed by atoms with van der Waals surface area (Å²) in [6, 6.07) is 11.5. The monoisotopic (exact) mass is 497 g/mol. The van der Waals surface area contributed by atoms with Crippen LogP contribution in [0, 0.1) is 29.1 Å². The summed E-state index contributed by atoms with van der Waals surface area (Å²) in [5, 5.41) is 5.26. The van der Waals surface area contributed by atoms with Crippen molar-refractivity contribution in [2.45, 2.75) is 19.4 Å². The Labute approximate surface area is 193 Å². The zero-order chi connectivity index (χ0) is 24.6. The summed E-state index contributed by atoms with van der Waals surface area (Å²) in [7, 11) is 0. The van der Waals surface area contributed by atoms with Gasteiger partial charge in [-0.3, -0.25) is 0 Å². The molecule has 0 saturated heterocycles. The number of carbonyl (C=O) groups is 1. The zero-order valence-corrected chi connectivity index (χ0v) is 17.9. The summed E-state index contributed by atoms with van der Waals surface area (Å²) < 4.78 is 82.4. The molecule has 4 rings (SSSR count). The Balaban J connectivity index is 1.48. The van der Waals surface area contributed by atoms with Crippen LogP contribution in [0.25, 0.3) is 11.0 Å². The zero-order valence-electron chi connectivity index (χ0n) is 17.2. The minimum atomic E-state index is -2.34. The predicted molar refractivity (Wildman–Crippen MR) is 110 cm³/mol. The van der Waals surface area contributed by atoms with Crippen molar-refractivity contribution in [3.63, 3.8) is 0 Å². The van der Waals surface area contributed by atoms with Gasteiger partial charge in [-0.2, -0.15) is 8.78 Å². The second-order valence-electron chi connectivity index (χ2n) is 7.17. The lowest BCUT2D eigenvalue weighted by atomic mass is 10.1. The smallest absolute Gasteiger partial charge is 0.352 e. The van der Waals surface area contributed by atoms with Crippen LogP contribution in [0.3, 0.4) is 0 Å². The third-order valence-electron chi connectivity index (χ3n) is 4.82. The molecular formula is C23H13ClF5NO4. The van der Waals surface area contributed by atoms with E-state index < -0.39 is 46.9 Å². The fraction of sp³-hybridized carbons (Fsp3) is 0.130. The molecule has 34 heavy (non-hydrogen) atoms. The van der Waals surface area contributed by atoms with Crippen molar-refractivity contribution in [1.29, 1.82) is 0 Å². The standard InChI is InChI=1S/C23H13ClF5NO4/c1-10(32-22-20(28)18(26)17(25)19(27)21(22)29)23(31)33-13-6-7-14-15(30-34-16(14)9-13)8-11-2-4-12(24)5-3-11/h2-7,9-10H,8H2,1H3. The molecule has 0 aliphatic heterocycles. The number of fused-ring (bicyclic) bond motifs is 1. The van der Waals surface area contributed by atoms with Gasteiger partial charge in [-0.15, -0.1) is 0 Å². The first-order valence-electron chi connectivity index (χ1n) is 9.68. The maximum Gasteiger partial charge on any atom is 0.352 e. The van der Waals surface area contributed by atoms with E-state index in [1.54, 1.807) is 18.2 Å². The molecule has 0 fully saturated rings. The van der Waals surface area contributed by atoms with Crippen molar-refractivity contribution in [2.75, 3.05) is 0 Å². The van der Waals surface area contributed by atoms with E-state index in [1.807, 2.05) is 12.1 Å². The van der Waals surface area contributed by atoms with Crippen molar-refractivity contribution in [3.8, 4) is 11.5 Å². The number of hydrogen-bond acceptors (Lipinski definition) is 5. The summed E-state index contributed by atoms with van der Waals surface area (Å²) in [4.78, 5) is 12.3. The van der Waals surface area contributed by atoms with E-state index in [2.05, 4.69) is 9.89 Å². The first kappa shape index (κ1) is 23.5. The first-order valence-corrected chi connectivity index (χ1v) is 10.1. The van der Waals surface area contributed by atoms with E-state index in [0.29, 0.717) is 28.1 Å². The number of nitrogens with zero attached hydrogens (tertiary/aromatic N) is 1. The van der Waals surface area contributed by atoms with Gasteiger partial charge in [0.2, 0.25) is 29.1 Å². The maximum atomic E-state index is 13.8. The fourth-order valence-corrected chi connectivity index (χ4v) is 3.19. The molecular weight excluding hydrogens is 485 g/mol. The highest BCUT2D eigenvalue weighted by Gasteiger charge is 2.30. The number of ether oxygens (including phenoxy) is 2. The Morgan fingerprint density at radius 3 is 2.24 bits per heavy atom. The second-order valence-corrected chi connectivity index (χ2v) is 7.61. The van der Waals surface area contributed by atoms with Gasteiger partial charge < -0.3 is 14.0 Å². The molecule has 5 nitrogen and oxygen atoms in total. The van der Waals surface area contributed by atoms with Crippen LogP contribution < -0.4 is 9.47 Å². The fourth-order valence-electron chi connectivity index (χ4n) is 3.07. The van der Waals surface area contributed by atoms with Gasteiger partial charge in [0.15, 0.2) is 17.4 Å². The van der Waals surface area contributed by atoms with Gasteiger partial charge >= 0.3 is 5.97 Å². The van der Waals surface area contributed by atoms with Crippen LogP contribution in [0.4, 0.5) is 22.0 Å². The van der Waals surface area contributed by atoms with E-state index in [4.69, 9.17) is 20.9 Å². The third-order valence-corrected chi connectivity index (χ3v) is 5.07. The molecule has 1 unspecified atom stereocenters. The molecule has 176 valence electrons. The van der Waals surface area contributed by atoms with Gasteiger partial charge in [0.05, 0.1) is 5.69 Å². The molecule has 3 aromatic carbocycles. The van der Waals surface area contributed by atoms with Gasteiger partial charge in [0.25, 0.3) is 0 Å². The number of benzene rings is 3. The van der Waals surface area contributed by atoms with Crippen LogP contribution >= 0.6 is 11.6 Å². The average Bonchev–Trinajstić information content (AvgIpc) is 3.22. The Hall–Kier alpha value is -3.66. The van der Waals surface area contributed by atoms with E-state index in [1.165, 1.54) is 12.1 Å². The van der Waals surface area contributed by atoms with Gasteiger partial charge in [-0.25, -0.2) is 18.0 Å². The highest BCUT2D eigenvalue weighted by molar-refractivity contribution is 6.30. The number of halogens is 6. The quantitative estimate of drug-likeness (QED) is 0.105.